The SMILES string of the molecule is Cc1ccc(C2C(C(=O)C=Cc3ccccc3)=C(O)C(=O)N2Cc2cccnc2)cc1. The number of aliphatic hydroxyl groups excluding tert-OH is 1. The molecule has 5 heteroatoms. The molecular formula is C26H22N2O3. The number of ketones is 1. The molecule has 2 heterocycles. The lowest BCUT2D eigenvalue weighted by atomic mass is 9.94. The van der Waals surface area contributed by atoms with Gasteiger partial charge in [-0.1, -0.05) is 72.3 Å². The predicted molar refractivity (Wildman–Crippen MR) is 119 cm³/mol. The van der Waals surface area contributed by atoms with Crippen molar-refractivity contribution < 1.29 is 14.7 Å². The maximum absolute atomic E-state index is 13.1. The quantitative estimate of drug-likeness (QED) is 0.605. The van der Waals surface area contributed by atoms with Gasteiger partial charge in [0.05, 0.1) is 11.6 Å². The van der Waals surface area contributed by atoms with Crippen LogP contribution in [-0.2, 0) is 16.1 Å². The van der Waals surface area contributed by atoms with E-state index < -0.39 is 23.5 Å². The molecule has 1 atom stereocenters. The van der Waals surface area contributed by atoms with Crippen LogP contribution in [0.5, 0.6) is 0 Å². The Morgan fingerprint density at radius 3 is 2.48 bits per heavy atom. The zero-order valence-corrected chi connectivity index (χ0v) is 17.1. The summed E-state index contributed by atoms with van der Waals surface area (Å²) < 4.78 is 0. The van der Waals surface area contributed by atoms with Crippen molar-refractivity contribution in [2.75, 3.05) is 0 Å². The minimum Gasteiger partial charge on any atom is -0.503 e. The third-order valence-corrected chi connectivity index (χ3v) is 5.26. The zero-order valence-electron chi connectivity index (χ0n) is 17.1. The van der Waals surface area contributed by atoms with Crippen LogP contribution in [0.4, 0.5) is 0 Å². The number of pyridine rings is 1. The van der Waals surface area contributed by atoms with Crippen molar-refractivity contribution in [3.05, 3.63) is 119 Å². The number of aromatic nitrogens is 1. The molecule has 1 unspecified atom stereocenters. The molecule has 1 aliphatic rings. The number of nitrogens with zero attached hydrogens (tertiary/aromatic N) is 2. The maximum Gasteiger partial charge on any atom is 0.290 e. The van der Waals surface area contributed by atoms with E-state index >= 15 is 0 Å². The van der Waals surface area contributed by atoms with Crippen molar-refractivity contribution in [3.63, 3.8) is 0 Å². The number of aryl methyl sites for hydroxylation is 1. The van der Waals surface area contributed by atoms with Crippen LogP contribution in [0.25, 0.3) is 6.08 Å². The molecular weight excluding hydrogens is 388 g/mol. The van der Waals surface area contributed by atoms with Crippen molar-refractivity contribution >= 4 is 17.8 Å². The number of amides is 1. The Bertz CT molecular complexity index is 1150. The summed E-state index contributed by atoms with van der Waals surface area (Å²) in [6, 6.07) is 20.0. The molecule has 154 valence electrons. The fourth-order valence-corrected chi connectivity index (χ4v) is 3.68. The van der Waals surface area contributed by atoms with Gasteiger partial charge in [0.25, 0.3) is 5.91 Å². The third-order valence-electron chi connectivity index (χ3n) is 5.26. The smallest absolute Gasteiger partial charge is 0.290 e. The molecule has 1 aromatic heterocycles. The topological polar surface area (TPSA) is 70.5 Å². The number of hydrogen-bond acceptors (Lipinski definition) is 4. The molecule has 0 fully saturated rings. The molecule has 0 bridgehead atoms. The molecule has 1 amide bonds. The molecule has 1 aliphatic heterocycles. The van der Waals surface area contributed by atoms with Crippen LogP contribution in [-0.4, -0.2) is 26.7 Å². The summed E-state index contributed by atoms with van der Waals surface area (Å²) in [5.74, 6) is -1.46. The first-order chi connectivity index (χ1) is 15.0. The molecule has 31 heavy (non-hydrogen) atoms. The van der Waals surface area contributed by atoms with E-state index in [2.05, 4.69) is 4.98 Å². The summed E-state index contributed by atoms with van der Waals surface area (Å²) in [6.45, 7) is 2.20. The van der Waals surface area contributed by atoms with E-state index in [9.17, 15) is 14.7 Å². The lowest BCUT2D eigenvalue weighted by Gasteiger charge is -2.26. The Kier molecular flexibility index (Phi) is 5.76. The molecule has 0 saturated carbocycles. The molecule has 3 aromatic rings. The van der Waals surface area contributed by atoms with Crippen LogP contribution in [0.3, 0.4) is 0 Å². The first-order valence-corrected chi connectivity index (χ1v) is 10.0. The average Bonchev–Trinajstić information content (AvgIpc) is 3.04. The van der Waals surface area contributed by atoms with Gasteiger partial charge < -0.3 is 10.0 Å². The number of carbonyl (C=O) groups is 2. The Morgan fingerprint density at radius 2 is 1.81 bits per heavy atom. The Labute approximate surface area is 181 Å². The highest BCUT2D eigenvalue weighted by atomic mass is 16.3. The second-order valence-electron chi connectivity index (χ2n) is 7.48. The van der Waals surface area contributed by atoms with Gasteiger partial charge in [-0.05, 0) is 35.8 Å². The molecule has 0 spiro atoms. The van der Waals surface area contributed by atoms with Gasteiger partial charge in [0, 0.05) is 18.9 Å². The van der Waals surface area contributed by atoms with Crippen LogP contribution in [0.2, 0.25) is 0 Å². The first kappa shape index (κ1) is 20.3. The Balaban J connectivity index is 1.72. The van der Waals surface area contributed by atoms with Crippen LogP contribution < -0.4 is 0 Å². The van der Waals surface area contributed by atoms with E-state index in [1.165, 1.54) is 11.0 Å². The molecule has 5 nitrogen and oxygen atoms in total. The van der Waals surface area contributed by atoms with E-state index in [1.54, 1.807) is 24.5 Å². The average molecular weight is 410 g/mol. The summed E-state index contributed by atoms with van der Waals surface area (Å²) >= 11 is 0. The van der Waals surface area contributed by atoms with Gasteiger partial charge in [0.1, 0.15) is 0 Å². The lowest BCUT2D eigenvalue weighted by Crippen LogP contribution is -2.30. The van der Waals surface area contributed by atoms with Gasteiger partial charge in [-0.25, -0.2) is 0 Å². The van der Waals surface area contributed by atoms with Crippen molar-refractivity contribution in [2.24, 2.45) is 0 Å². The van der Waals surface area contributed by atoms with Crippen molar-refractivity contribution in [1.29, 1.82) is 0 Å². The van der Waals surface area contributed by atoms with Gasteiger partial charge in [-0.15, -0.1) is 0 Å². The molecule has 1 N–H and O–H groups in total. The monoisotopic (exact) mass is 410 g/mol. The molecule has 0 saturated heterocycles. The van der Waals surface area contributed by atoms with Crippen molar-refractivity contribution in [3.8, 4) is 0 Å². The summed E-state index contributed by atoms with van der Waals surface area (Å²) in [6.07, 6.45) is 6.42. The lowest BCUT2D eigenvalue weighted by molar-refractivity contribution is -0.130. The molecule has 4 rings (SSSR count). The standard InChI is InChI=1S/C26H22N2O3/c1-18-9-12-21(13-10-18)24-23(22(29)14-11-19-6-3-2-4-7-19)25(30)26(31)28(24)17-20-8-5-15-27-16-20/h2-16,24,30H,17H2,1H3. The minimum atomic E-state index is -0.679. The van der Waals surface area contributed by atoms with Crippen LogP contribution in [0.15, 0.2) is 96.5 Å². The van der Waals surface area contributed by atoms with Gasteiger partial charge >= 0.3 is 0 Å². The zero-order chi connectivity index (χ0) is 21.8. The highest BCUT2D eigenvalue weighted by Gasteiger charge is 2.42. The van der Waals surface area contributed by atoms with Crippen LogP contribution in [0, 0.1) is 6.92 Å². The van der Waals surface area contributed by atoms with Crippen molar-refractivity contribution in [2.45, 2.75) is 19.5 Å². The third kappa shape index (κ3) is 4.31. The number of aliphatic hydroxyl groups is 1. The van der Waals surface area contributed by atoms with E-state index in [0.29, 0.717) is 0 Å². The van der Waals surface area contributed by atoms with Crippen LogP contribution in [0.1, 0.15) is 28.3 Å². The number of allylic oxidation sites excluding steroid dienone is 1. The predicted octanol–water partition coefficient (Wildman–Crippen LogP) is 4.57. The van der Waals surface area contributed by atoms with Crippen molar-refractivity contribution in [1.82, 2.24) is 9.88 Å². The van der Waals surface area contributed by atoms with Gasteiger partial charge in [0.15, 0.2) is 11.5 Å². The fraction of sp³-hybridized carbons (Fsp3) is 0.115. The summed E-state index contributed by atoms with van der Waals surface area (Å²) in [7, 11) is 0. The number of benzene rings is 2. The van der Waals surface area contributed by atoms with Gasteiger partial charge in [0.2, 0.25) is 0 Å². The fourth-order valence-electron chi connectivity index (χ4n) is 3.68. The number of hydrogen-bond donors (Lipinski definition) is 1. The summed E-state index contributed by atoms with van der Waals surface area (Å²) in [5.41, 5.74) is 3.60. The largest absolute Gasteiger partial charge is 0.503 e. The highest BCUT2D eigenvalue weighted by Crippen LogP contribution is 2.39. The molecule has 2 aromatic carbocycles. The highest BCUT2D eigenvalue weighted by molar-refractivity contribution is 6.14. The normalized spacial score (nSPS) is 16.4. The summed E-state index contributed by atoms with van der Waals surface area (Å²) in [5, 5.41) is 10.7. The molecule has 0 radical (unpaired) electrons. The van der Waals surface area contributed by atoms with E-state index in [-0.39, 0.29) is 12.1 Å². The Morgan fingerprint density at radius 1 is 1.06 bits per heavy atom. The van der Waals surface area contributed by atoms with E-state index in [1.807, 2.05) is 67.6 Å². The van der Waals surface area contributed by atoms with E-state index in [0.717, 1.165) is 22.3 Å². The van der Waals surface area contributed by atoms with Gasteiger partial charge in [-0.3, -0.25) is 14.6 Å². The second kappa shape index (κ2) is 8.79. The Hall–Kier alpha value is -3.99. The van der Waals surface area contributed by atoms with Crippen LogP contribution >= 0.6 is 0 Å². The number of carbonyl (C=O) groups excluding carboxylic acids is 2. The summed E-state index contributed by atoms with van der Waals surface area (Å²) in [4.78, 5) is 31.7. The maximum atomic E-state index is 13.1. The minimum absolute atomic E-state index is 0.0879. The first-order valence-electron chi connectivity index (χ1n) is 10.0. The molecule has 0 aliphatic carbocycles. The van der Waals surface area contributed by atoms with Gasteiger partial charge in [-0.2, -0.15) is 0 Å². The second-order valence-corrected chi connectivity index (χ2v) is 7.48. The number of rotatable bonds is 6. The van der Waals surface area contributed by atoms with E-state index in [4.69, 9.17) is 0 Å².